The highest BCUT2D eigenvalue weighted by atomic mass is 35.5. The predicted octanol–water partition coefficient (Wildman–Crippen LogP) is 3.65. The number of non-ortho nitro benzene ring substituents is 1. The number of rotatable bonds is 7. The number of hydrogen-bond acceptors (Lipinski definition) is 5. The van der Waals surface area contributed by atoms with Crippen molar-refractivity contribution in [1.82, 2.24) is 5.32 Å². The Bertz CT molecular complexity index is 630. The number of benzene rings is 1. The van der Waals surface area contributed by atoms with E-state index in [9.17, 15) is 10.1 Å². The Labute approximate surface area is 131 Å². The average molecular weight is 327 g/mol. The van der Waals surface area contributed by atoms with Gasteiger partial charge in [-0.3, -0.25) is 10.1 Å². The van der Waals surface area contributed by atoms with Crippen LogP contribution in [0.4, 0.5) is 5.69 Å². The molecular formula is C14H15ClN2O3S. The monoisotopic (exact) mass is 326 g/mol. The number of nitro groups is 1. The third-order valence-corrected chi connectivity index (χ3v) is 4.26. The molecule has 0 fully saturated rings. The lowest BCUT2D eigenvalue weighted by Gasteiger charge is -2.09. The number of hydrogen-bond donors (Lipinski definition) is 1. The Morgan fingerprint density at radius 3 is 2.81 bits per heavy atom. The Kier molecular flexibility index (Phi) is 5.55. The second-order valence-corrected chi connectivity index (χ2v) is 6.19. The van der Waals surface area contributed by atoms with E-state index in [0.717, 1.165) is 22.9 Å². The molecule has 1 heterocycles. The number of nitrogens with zero attached hydrogens (tertiary/aromatic N) is 1. The molecule has 1 aromatic heterocycles. The zero-order valence-electron chi connectivity index (χ0n) is 11.5. The van der Waals surface area contributed by atoms with Crippen molar-refractivity contribution in [3.05, 3.63) is 55.2 Å². The maximum Gasteiger partial charge on any atom is 0.270 e. The Morgan fingerprint density at radius 1 is 1.38 bits per heavy atom. The first-order valence-electron chi connectivity index (χ1n) is 6.36. The van der Waals surface area contributed by atoms with E-state index in [4.69, 9.17) is 16.3 Å². The zero-order chi connectivity index (χ0) is 15.2. The van der Waals surface area contributed by atoms with Gasteiger partial charge < -0.3 is 10.1 Å². The van der Waals surface area contributed by atoms with Crippen LogP contribution >= 0.6 is 22.9 Å². The summed E-state index contributed by atoms with van der Waals surface area (Å²) in [6.45, 7) is 1.28. The summed E-state index contributed by atoms with van der Waals surface area (Å²) in [5.74, 6) is 0.646. The van der Waals surface area contributed by atoms with Gasteiger partial charge in [0.25, 0.3) is 5.69 Å². The molecule has 0 radical (unpaired) electrons. The van der Waals surface area contributed by atoms with Crippen molar-refractivity contribution in [3.63, 3.8) is 0 Å². The van der Waals surface area contributed by atoms with Gasteiger partial charge in [0.1, 0.15) is 5.75 Å². The molecule has 0 amide bonds. The van der Waals surface area contributed by atoms with Crippen molar-refractivity contribution in [2.75, 3.05) is 13.7 Å². The molecule has 112 valence electrons. The van der Waals surface area contributed by atoms with Crippen LogP contribution in [0, 0.1) is 10.1 Å². The largest absolute Gasteiger partial charge is 0.496 e. The van der Waals surface area contributed by atoms with Crippen molar-refractivity contribution in [3.8, 4) is 5.75 Å². The van der Waals surface area contributed by atoms with Crippen molar-refractivity contribution >= 4 is 28.6 Å². The molecule has 0 bridgehead atoms. The molecule has 0 saturated heterocycles. The highest BCUT2D eigenvalue weighted by Crippen LogP contribution is 2.24. The molecule has 1 aromatic carbocycles. The molecule has 0 spiro atoms. The molecule has 0 atom stereocenters. The lowest BCUT2D eigenvalue weighted by atomic mass is 10.1. The average Bonchev–Trinajstić information content (AvgIpc) is 2.89. The van der Waals surface area contributed by atoms with Crippen molar-refractivity contribution in [2.45, 2.75) is 13.0 Å². The van der Waals surface area contributed by atoms with E-state index in [-0.39, 0.29) is 5.69 Å². The van der Waals surface area contributed by atoms with E-state index < -0.39 is 4.92 Å². The van der Waals surface area contributed by atoms with Crippen LogP contribution in [-0.2, 0) is 13.0 Å². The first-order chi connectivity index (χ1) is 10.1. The predicted molar refractivity (Wildman–Crippen MR) is 84.4 cm³/mol. The summed E-state index contributed by atoms with van der Waals surface area (Å²) in [6.07, 6.45) is 0.870. The van der Waals surface area contributed by atoms with E-state index in [1.807, 2.05) is 12.1 Å². The van der Waals surface area contributed by atoms with Crippen LogP contribution in [0.5, 0.6) is 5.75 Å². The van der Waals surface area contributed by atoms with Gasteiger partial charge >= 0.3 is 0 Å². The Balaban J connectivity index is 1.92. The molecule has 0 unspecified atom stereocenters. The lowest BCUT2D eigenvalue weighted by molar-refractivity contribution is -0.384. The van der Waals surface area contributed by atoms with Gasteiger partial charge in [-0.05, 0) is 24.6 Å². The number of thiophene rings is 1. The first-order valence-corrected chi connectivity index (χ1v) is 7.56. The third kappa shape index (κ3) is 4.42. The molecule has 5 nitrogen and oxygen atoms in total. The van der Waals surface area contributed by atoms with Gasteiger partial charge in [0.05, 0.1) is 16.4 Å². The quantitative estimate of drug-likeness (QED) is 0.479. The lowest BCUT2D eigenvalue weighted by Crippen LogP contribution is -2.17. The van der Waals surface area contributed by atoms with E-state index in [2.05, 4.69) is 5.32 Å². The molecule has 0 aliphatic carbocycles. The van der Waals surface area contributed by atoms with Crippen LogP contribution in [0.25, 0.3) is 0 Å². The van der Waals surface area contributed by atoms with Crippen LogP contribution in [0.2, 0.25) is 4.34 Å². The fourth-order valence-electron chi connectivity index (χ4n) is 1.94. The Morgan fingerprint density at radius 2 is 2.19 bits per heavy atom. The minimum absolute atomic E-state index is 0.0673. The molecule has 0 aliphatic rings. The third-order valence-electron chi connectivity index (χ3n) is 2.97. The SMILES string of the molecule is COc1ccc([N+](=O)[O-])cc1CNCCc1ccc(Cl)s1. The standard InChI is InChI=1S/C14H15ClN2O3S/c1-20-13-4-2-11(17(18)19)8-10(13)9-16-7-6-12-3-5-14(15)21-12/h2-5,8,16H,6-7,9H2,1H3. The summed E-state index contributed by atoms with van der Waals surface area (Å²) >= 11 is 7.43. The number of nitro benzene ring substituents is 1. The van der Waals surface area contributed by atoms with E-state index >= 15 is 0 Å². The Hall–Kier alpha value is -1.63. The second-order valence-electron chi connectivity index (χ2n) is 4.39. The molecular weight excluding hydrogens is 312 g/mol. The van der Waals surface area contributed by atoms with Gasteiger partial charge in [0.2, 0.25) is 0 Å². The minimum atomic E-state index is -0.406. The topological polar surface area (TPSA) is 64.4 Å². The van der Waals surface area contributed by atoms with Crippen molar-refractivity contribution in [2.24, 2.45) is 0 Å². The highest BCUT2D eigenvalue weighted by Gasteiger charge is 2.10. The molecule has 0 saturated carbocycles. The summed E-state index contributed by atoms with van der Waals surface area (Å²) in [6, 6.07) is 8.48. The van der Waals surface area contributed by atoms with Gasteiger partial charge in [-0.2, -0.15) is 0 Å². The molecule has 0 aliphatic heterocycles. The molecule has 2 rings (SSSR count). The summed E-state index contributed by atoms with van der Waals surface area (Å²) in [5, 5.41) is 14.1. The van der Waals surface area contributed by atoms with Gasteiger partial charge in [-0.15, -0.1) is 11.3 Å². The van der Waals surface area contributed by atoms with Gasteiger partial charge in [0, 0.05) is 35.7 Å². The van der Waals surface area contributed by atoms with Gasteiger partial charge in [-0.1, -0.05) is 11.6 Å². The number of ether oxygens (including phenoxy) is 1. The maximum atomic E-state index is 10.8. The maximum absolute atomic E-state index is 10.8. The normalized spacial score (nSPS) is 10.6. The van der Waals surface area contributed by atoms with Crippen LogP contribution < -0.4 is 10.1 Å². The zero-order valence-corrected chi connectivity index (χ0v) is 13.0. The van der Waals surface area contributed by atoms with E-state index in [1.165, 1.54) is 17.0 Å². The number of methoxy groups -OCH3 is 1. The minimum Gasteiger partial charge on any atom is -0.496 e. The second kappa shape index (κ2) is 7.40. The summed E-state index contributed by atoms with van der Waals surface area (Å²) in [5.41, 5.74) is 0.841. The summed E-state index contributed by atoms with van der Waals surface area (Å²) < 4.78 is 6.00. The molecule has 21 heavy (non-hydrogen) atoms. The summed E-state index contributed by atoms with van der Waals surface area (Å²) in [7, 11) is 1.55. The van der Waals surface area contributed by atoms with E-state index in [0.29, 0.717) is 12.3 Å². The highest BCUT2D eigenvalue weighted by molar-refractivity contribution is 7.16. The van der Waals surface area contributed by atoms with Gasteiger partial charge in [-0.25, -0.2) is 0 Å². The smallest absolute Gasteiger partial charge is 0.270 e. The van der Waals surface area contributed by atoms with Crippen molar-refractivity contribution < 1.29 is 9.66 Å². The first kappa shape index (κ1) is 15.8. The molecule has 2 aromatic rings. The fraction of sp³-hybridized carbons (Fsp3) is 0.286. The van der Waals surface area contributed by atoms with Crippen molar-refractivity contribution in [1.29, 1.82) is 0 Å². The number of nitrogens with one attached hydrogen (secondary N) is 1. The van der Waals surface area contributed by atoms with Crippen LogP contribution in [-0.4, -0.2) is 18.6 Å². The van der Waals surface area contributed by atoms with Crippen LogP contribution in [0.1, 0.15) is 10.4 Å². The van der Waals surface area contributed by atoms with E-state index in [1.54, 1.807) is 24.5 Å². The summed E-state index contributed by atoms with van der Waals surface area (Å²) in [4.78, 5) is 11.6. The van der Waals surface area contributed by atoms with Gasteiger partial charge in [0.15, 0.2) is 0 Å². The number of halogens is 1. The fourth-order valence-corrected chi connectivity index (χ4v) is 3.02. The van der Waals surface area contributed by atoms with Crippen LogP contribution in [0.3, 0.4) is 0 Å². The molecule has 7 heteroatoms. The molecule has 1 N–H and O–H groups in total. The van der Waals surface area contributed by atoms with Crippen LogP contribution in [0.15, 0.2) is 30.3 Å².